The van der Waals surface area contributed by atoms with Crippen molar-refractivity contribution < 1.29 is 14.3 Å². The van der Waals surface area contributed by atoms with E-state index in [1.165, 1.54) is 13.3 Å². The highest BCUT2D eigenvalue weighted by molar-refractivity contribution is 5.96. The summed E-state index contributed by atoms with van der Waals surface area (Å²) in [5, 5.41) is 9.25. The van der Waals surface area contributed by atoms with E-state index in [1.807, 2.05) is 54.6 Å². The molecule has 0 saturated heterocycles. The number of nitriles is 1. The molecule has 0 aliphatic rings. The third kappa shape index (κ3) is 2.87. The molecule has 3 rings (SSSR count). The molecule has 0 spiro atoms. The van der Waals surface area contributed by atoms with E-state index in [-0.39, 0.29) is 16.9 Å². The van der Waals surface area contributed by atoms with Crippen LogP contribution in [-0.2, 0) is 4.74 Å². The Hall–Kier alpha value is -3.72. The summed E-state index contributed by atoms with van der Waals surface area (Å²) in [7, 11) is 2.89. The molecule has 1 heterocycles. The van der Waals surface area contributed by atoms with E-state index in [0.29, 0.717) is 5.69 Å². The van der Waals surface area contributed by atoms with Gasteiger partial charge in [0.25, 0.3) is 0 Å². The molecular formula is C20H17N3O3. The third-order valence-corrected chi connectivity index (χ3v) is 4.09. The number of nitrogens with two attached hydrogens (primary N) is 1. The SMILES string of the molecule is COC(=O)c1c(N)c(C#N)cn1-c1cccc(-c2ccccc2OC)c1. The Bertz CT molecular complexity index is 1020. The molecule has 6 heteroatoms. The average molecular weight is 347 g/mol. The largest absolute Gasteiger partial charge is 0.496 e. The summed E-state index contributed by atoms with van der Waals surface area (Å²) in [5.41, 5.74) is 8.90. The van der Waals surface area contributed by atoms with Crippen molar-refractivity contribution in [3.8, 4) is 28.6 Å². The molecule has 0 unspecified atom stereocenters. The summed E-state index contributed by atoms with van der Waals surface area (Å²) < 4.78 is 11.8. The topological polar surface area (TPSA) is 90.3 Å². The van der Waals surface area contributed by atoms with Crippen LogP contribution in [0.3, 0.4) is 0 Å². The van der Waals surface area contributed by atoms with Crippen molar-refractivity contribution >= 4 is 11.7 Å². The van der Waals surface area contributed by atoms with Gasteiger partial charge in [0.2, 0.25) is 0 Å². The Kier molecular flexibility index (Phi) is 4.63. The number of anilines is 1. The van der Waals surface area contributed by atoms with Gasteiger partial charge in [-0.1, -0.05) is 30.3 Å². The first kappa shape index (κ1) is 17.1. The highest BCUT2D eigenvalue weighted by Gasteiger charge is 2.22. The predicted octanol–water partition coefficient (Wildman–Crippen LogP) is 3.39. The quantitative estimate of drug-likeness (QED) is 0.731. The molecule has 0 fully saturated rings. The molecule has 2 aromatic carbocycles. The lowest BCUT2D eigenvalue weighted by atomic mass is 10.0. The van der Waals surface area contributed by atoms with Crippen LogP contribution in [0.25, 0.3) is 16.8 Å². The van der Waals surface area contributed by atoms with Gasteiger partial charge in [0.15, 0.2) is 5.69 Å². The van der Waals surface area contributed by atoms with Crippen LogP contribution in [-0.4, -0.2) is 24.8 Å². The highest BCUT2D eigenvalue weighted by Crippen LogP contribution is 2.32. The van der Waals surface area contributed by atoms with Crippen LogP contribution in [0.15, 0.2) is 54.7 Å². The maximum absolute atomic E-state index is 12.2. The third-order valence-electron chi connectivity index (χ3n) is 4.09. The number of benzene rings is 2. The zero-order chi connectivity index (χ0) is 18.7. The van der Waals surface area contributed by atoms with Gasteiger partial charge in [-0.3, -0.25) is 0 Å². The number of hydrogen-bond acceptors (Lipinski definition) is 5. The second-order valence-corrected chi connectivity index (χ2v) is 5.53. The minimum atomic E-state index is -0.605. The van der Waals surface area contributed by atoms with Crippen LogP contribution in [0.1, 0.15) is 16.1 Å². The molecule has 130 valence electrons. The van der Waals surface area contributed by atoms with Crippen LogP contribution in [0.2, 0.25) is 0 Å². The minimum Gasteiger partial charge on any atom is -0.496 e. The van der Waals surface area contributed by atoms with Crippen molar-refractivity contribution in [3.05, 3.63) is 66.0 Å². The molecule has 0 amide bonds. The van der Waals surface area contributed by atoms with Gasteiger partial charge < -0.3 is 19.8 Å². The number of rotatable bonds is 4. The van der Waals surface area contributed by atoms with Crippen molar-refractivity contribution in [2.45, 2.75) is 0 Å². The summed E-state index contributed by atoms with van der Waals surface area (Å²) in [6.45, 7) is 0. The number of aromatic nitrogens is 1. The standard InChI is InChI=1S/C20H17N3O3/c1-25-17-9-4-3-8-16(17)13-6-5-7-15(10-13)23-12-14(11-21)18(22)19(23)20(24)26-2/h3-10,12H,22H2,1-2H3. The van der Waals surface area contributed by atoms with E-state index >= 15 is 0 Å². The lowest BCUT2D eigenvalue weighted by Crippen LogP contribution is -2.11. The molecule has 0 aliphatic carbocycles. The second kappa shape index (κ2) is 7.03. The molecule has 3 aromatic rings. The van der Waals surface area contributed by atoms with Crippen LogP contribution in [0, 0.1) is 11.3 Å². The fourth-order valence-corrected chi connectivity index (χ4v) is 2.82. The van der Waals surface area contributed by atoms with Crippen LogP contribution in [0.5, 0.6) is 5.75 Å². The second-order valence-electron chi connectivity index (χ2n) is 5.53. The molecule has 6 nitrogen and oxygen atoms in total. The number of para-hydroxylation sites is 1. The van der Waals surface area contributed by atoms with Crippen molar-refractivity contribution in [1.82, 2.24) is 4.57 Å². The number of nitrogens with zero attached hydrogens (tertiary/aromatic N) is 2. The summed E-state index contributed by atoms with van der Waals surface area (Å²) in [6.07, 6.45) is 1.53. The van der Waals surface area contributed by atoms with E-state index in [4.69, 9.17) is 15.2 Å². The molecule has 26 heavy (non-hydrogen) atoms. The van der Waals surface area contributed by atoms with E-state index in [9.17, 15) is 10.1 Å². The number of hydrogen-bond donors (Lipinski definition) is 1. The van der Waals surface area contributed by atoms with E-state index < -0.39 is 5.97 Å². The van der Waals surface area contributed by atoms with Gasteiger partial charge in [-0.25, -0.2) is 4.79 Å². The molecule has 0 bridgehead atoms. The van der Waals surface area contributed by atoms with Crippen molar-refractivity contribution in [2.75, 3.05) is 20.0 Å². The van der Waals surface area contributed by atoms with Crippen molar-refractivity contribution in [3.63, 3.8) is 0 Å². The van der Waals surface area contributed by atoms with Gasteiger partial charge in [-0.05, 0) is 23.8 Å². The minimum absolute atomic E-state index is 0.0991. The number of carbonyl (C=O) groups excluding carboxylic acids is 1. The zero-order valence-electron chi connectivity index (χ0n) is 14.4. The molecule has 0 aliphatic heterocycles. The monoisotopic (exact) mass is 347 g/mol. The smallest absolute Gasteiger partial charge is 0.357 e. The summed E-state index contributed by atoms with van der Waals surface area (Å²) in [4.78, 5) is 12.2. The van der Waals surface area contributed by atoms with Crippen LogP contribution in [0.4, 0.5) is 5.69 Å². The number of ether oxygens (including phenoxy) is 2. The fourth-order valence-electron chi connectivity index (χ4n) is 2.82. The van der Waals surface area contributed by atoms with Gasteiger partial charge in [-0.2, -0.15) is 5.26 Å². The lowest BCUT2D eigenvalue weighted by molar-refractivity contribution is 0.0593. The number of esters is 1. The Morgan fingerprint density at radius 1 is 1.15 bits per heavy atom. The first-order valence-electron chi connectivity index (χ1n) is 7.83. The number of nitrogen functional groups attached to an aromatic ring is 1. The summed E-state index contributed by atoms with van der Waals surface area (Å²) >= 11 is 0. The Balaban J connectivity index is 2.18. The maximum atomic E-state index is 12.2. The van der Waals surface area contributed by atoms with E-state index in [1.54, 1.807) is 11.7 Å². The van der Waals surface area contributed by atoms with E-state index in [0.717, 1.165) is 16.9 Å². The number of carbonyl (C=O) groups is 1. The summed E-state index contributed by atoms with van der Waals surface area (Å²) in [6, 6.07) is 17.2. The summed E-state index contributed by atoms with van der Waals surface area (Å²) in [5.74, 6) is 0.134. The van der Waals surface area contributed by atoms with Crippen LogP contribution < -0.4 is 10.5 Å². The fraction of sp³-hybridized carbons (Fsp3) is 0.100. The molecule has 0 saturated carbocycles. The molecule has 0 radical (unpaired) electrons. The Morgan fingerprint density at radius 2 is 1.92 bits per heavy atom. The molecular weight excluding hydrogens is 330 g/mol. The number of methoxy groups -OCH3 is 2. The first-order chi connectivity index (χ1) is 12.6. The first-order valence-corrected chi connectivity index (χ1v) is 7.83. The Labute approximate surface area is 151 Å². The van der Waals surface area contributed by atoms with E-state index in [2.05, 4.69) is 0 Å². The highest BCUT2D eigenvalue weighted by atomic mass is 16.5. The lowest BCUT2D eigenvalue weighted by Gasteiger charge is -2.12. The van der Waals surface area contributed by atoms with Gasteiger partial charge in [0.05, 0.1) is 25.5 Å². The van der Waals surface area contributed by atoms with Crippen molar-refractivity contribution in [1.29, 1.82) is 5.26 Å². The maximum Gasteiger partial charge on any atom is 0.357 e. The normalized spacial score (nSPS) is 10.2. The molecule has 1 aromatic heterocycles. The Morgan fingerprint density at radius 3 is 2.62 bits per heavy atom. The average Bonchev–Trinajstić information content (AvgIpc) is 3.03. The van der Waals surface area contributed by atoms with Crippen LogP contribution >= 0.6 is 0 Å². The van der Waals surface area contributed by atoms with Crippen molar-refractivity contribution in [2.24, 2.45) is 0 Å². The molecule has 2 N–H and O–H groups in total. The molecule has 0 atom stereocenters. The predicted molar refractivity (Wildman–Crippen MR) is 98.2 cm³/mol. The van der Waals surface area contributed by atoms with Gasteiger partial charge >= 0.3 is 5.97 Å². The van der Waals surface area contributed by atoms with Gasteiger partial charge in [0, 0.05) is 17.4 Å². The zero-order valence-corrected chi connectivity index (χ0v) is 14.4. The van der Waals surface area contributed by atoms with Gasteiger partial charge in [-0.15, -0.1) is 0 Å². The van der Waals surface area contributed by atoms with Gasteiger partial charge in [0.1, 0.15) is 11.8 Å².